The number of hydrogen-bond donors (Lipinski definition) is 1. The van der Waals surface area contributed by atoms with Gasteiger partial charge in [-0.15, -0.1) is 0 Å². The van der Waals surface area contributed by atoms with Crippen LogP contribution in [0.3, 0.4) is 0 Å². The van der Waals surface area contributed by atoms with Crippen molar-refractivity contribution in [2.24, 2.45) is 5.92 Å². The van der Waals surface area contributed by atoms with Crippen LogP contribution in [0, 0.1) is 5.92 Å². The zero-order valence-corrected chi connectivity index (χ0v) is 19.0. The number of unbranched alkanes of at least 4 members (excludes halogenated alkanes) is 7. The first kappa shape index (κ1) is 24.4. The first-order valence-corrected chi connectivity index (χ1v) is 12.1. The highest BCUT2D eigenvalue weighted by molar-refractivity contribution is 6.02. The summed E-state index contributed by atoms with van der Waals surface area (Å²) in [7, 11) is 0. The maximum atomic E-state index is 13.0. The zero-order chi connectivity index (χ0) is 21.8. The Morgan fingerprint density at radius 1 is 0.967 bits per heavy atom. The summed E-state index contributed by atoms with van der Waals surface area (Å²) >= 11 is 0. The molecule has 2 rings (SSSR count). The molecule has 2 atom stereocenters. The fourth-order valence-electron chi connectivity index (χ4n) is 4.97. The van der Waals surface area contributed by atoms with Crippen molar-refractivity contribution in [3.8, 4) is 0 Å². The minimum atomic E-state index is -1.09. The van der Waals surface area contributed by atoms with Crippen LogP contribution in [0.2, 0.25) is 0 Å². The molecule has 1 fully saturated rings. The van der Waals surface area contributed by atoms with Crippen molar-refractivity contribution in [1.82, 2.24) is 0 Å². The third kappa shape index (κ3) is 6.85. The molecule has 0 aromatic heterocycles. The van der Waals surface area contributed by atoms with Gasteiger partial charge in [0.25, 0.3) is 0 Å². The SMILES string of the molecule is CCCCCCCCCCC1CCCCC1(CC)OC(=O)c1ccccc1C(=O)O. The molecule has 4 heteroatoms. The van der Waals surface area contributed by atoms with Crippen molar-refractivity contribution in [2.75, 3.05) is 0 Å². The lowest BCUT2D eigenvalue weighted by Crippen LogP contribution is -2.44. The van der Waals surface area contributed by atoms with Crippen LogP contribution >= 0.6 is 0 Å². The van der Waals surface area contributed by atoms with Crippen molar-refractivity contribution in [3.05, 3.63) is 35.4 Å². The minimum absolute atomic E-state index is 0.0178. The van der Waals surface area contributed by atoms with E-state index >= 15 is 0 Å². The quantitative estimate of drug-likeness (QED) is 0.268. The molecule has 1 aromatic rings. The zero-order valence-electron chi connectivity index (χ0n) is 19.0. The largest absolute Gasteiger partial charge is 0.478 e. The lowest BCUT2D eigenvalue weighted by molar-refractivity contribution is -0.0770. The van der Waals surface area contributed by atoms with E-state index in [2.05, 4.69) is 13.8 Å². The molecular formula is C26H40O4. The first-order chi connectivity index (χ1) is 14.5. The predicted molar refractivity (Wildman–Crippen MR) is 121 cm³/mol. The summed E-state index contributed by atoms with van der Waals surface area (Å²) in [6.45, 7) is 4.35. The van der Waals surface area contributed by atoms with Crippen molar-refractivity contribution in [1.29, 1.82) is 0 Å². The number of carbonyl (C=O) groups excluding carboxylic acids is 1. The van der Waals surface area contributed by atoms with Crippen LogP contribution in [0.15, 0.2) is 24.3 Å². The van der Waals surface area contributed by atoms with Crippen molar-refractivity contribution >= 4 is 11.9 Å². The fourth-order valence-corrected chi connectivity index (χ4v) is 4.97. The molecule has 0 radical (unpaired) electrons. The third-order valence-electron chi connectivity index (χ3n) is 6.82. The topological polar surface area (TPSA) is 63.6 Å². The molecule has 0 spiro atoms. The molecule has 4 nitrogen and oxygen atoms in total. The third-order valence-corrected chi connectivity index (χ3v) is 6.82. The van der Waals surface area contributed by atoms with E-state index in [0.29, 0.717) is 5.92 Å². The highest BCUT2D eigenvalue weighted by Gasteiger charge is 2.42. The van der Waals surface area contributed by atoms with E-state index in [1.54, 1.807) is 18.2 Å². The molecule has 2 unspecified atom stereocenters. The van der Waals surface area contributed by atoms with Crippen LogP contribution in [0.1, 0.15) is 124 Å². The number of benzene rings is 1. The highest BCUT2D eigenvalue weighted by Crippen LogP contribution is 2.42. The number of carbonyl (C=O) groups is 2. The second-order valence-electron chi connectivity index (χ2n) is 8.86. The standard InChI is InChI=1S/C26H40O4/c1-3-5-6-7-8-9-10-11-16-21-17-14-15-20-26(21,4-2)30-25(29)23-19-13-12-18-22(23)24(27)28/h12-13,18-19,21H,3-11,14-17,20H2,1-2H3,(H,27,28). The lowest BCUT2D eigenvalue weighted by atomic mass is 9.71. The molecule has 1 saturated carbocycles. The number of rotatable bonds is 13. The number of carboxylic acid groups (broad SMARTS) is 1. The maximum Gasteiger partial charge on any atom is 0.339 e. The number of carboxylic acids is 1. The van der Waals surface area contributed by atoms with Gasteiger partial charge in [-0.1, -0.05) is 83.8 Å². The molecule has 0 saturated heterocycles. The van der Waals surface area contributed by atoms with E-state index < -0.39 is 17.5 Å². The van der Waals surface area contributed by atoms with Gasteiger partial charge in [0.2, 0.25) is 0 Å². The Morgan fingerprint density at radius 2 is 1.60 bits per heavy atom. The Labute approximate surface area is 182 Å². The number of aromatic carboxylic acids is 1. The van der Waals surface area contributed by atoms with Gasteiger partial charge in [-0.3, -0.25) is 0 Å². The molecule has 168 valence electrons. The summed E-state index contributed by atoms with van der Waals surface area (Å²) in [4.78, 5) is 24.5. The van der Waals surface area contributed by atoms with E-state index in [0.717, 1.165) is 32.1 Å². The van der Waals surface area contributed by atoms with E-state index in [1.165, 1.54) is 63.9 Å². The molecule has 1 aromatic carbocycles. The Morgan fingerprint density at radius 3 is 2.23 bits per heavy atom. The highest BCUT2D eigenvalue weighted by atomic mass is 16.6. The molecule has 0 aliphatic heterocycles. The van der Waals surface area contributed by atoms with E-state index in [1.807, 2.05) is 0 Å². The van der Waals surface area contributed by atoms with Gasteiger partial charge >= 0.3 is 11.9 Å². The van der Waals surface area contributed by atoms with Crippen molar-refractivity contribution in [3.63, 3.8) is 0 Å². The van der Waals surface area contributed by atoms with Crippen LogP contribution in [0.5, 0.6) is 0 Å². The van der Waals surface area contributed by atoms with Gasteiger partial charge in [0, 0.05) is 0 Å². The van der Waals surface area contributed by atoms with Crippen LogP contribution in [-0.2, 0) is 4.74 Å². The smallest absolute Gasteiger partial charge is 0.339 e. The molecule has 1 N–H and O–H groups in total. The van der Waals surface area contributed by atoms with Crippen molar-refractivity contribution < 1.29 is 19.4 Å². The summed E-state index contributed by atoms with van der Waals surface area (Å²) in [6, 6.07) is 6.37. The second-order valence-corrected chi connectivity index (χ2v) is 8.86. The molecule has 1 aliphatic rings. The summed E-state index contributed by atoms with van der Waals surface area (Å²) in [5, 5.41) is 9.42. The van der Waals surface area contributed by atoms with Crippen LogP contribution in [-0.4, -0.2) is 22.6 Å². The molecule has 0 bridgehead atoms. The van der Waals surface area contributed by atoms with Gasteiger partial charge in [-0.25, -0.2) is 9.59 Å². The Balaban J connectivity index is 1.95. The van der Waals surface area contributed by atoms with Gasteiger partial charge in [0.05, 0.1) is 11.1 Å². The monoisotopic (exact) mass is 416 g/mol. The fraction of sp³-hybridized carbons (Fsp3) is 0.692. The number of esters is 1. The van der Waals surface area contributed by atoms with Crippen LogP contribution in [0.4, 0.5) is 0 Å². The predicted octanol–water partition coefficient (Wildman–Crippen LogP) is 7.41. The van der Waals surface area contributed by atoms with Gasteiger partial charge in [0.1, 0.15) is 5.60 Å². The summed E-state index contributed by atoms with van der Waals surface area (Å²) < 4.78 is 6.14. The molecule has 1 aliphatic carbocycles. The van der Waals surface area contributed by atoms with Crippen LogP contribution < -0.4 is 0 Å². The van der Waals surface area contributed by atoms with Crippen LogP contribution in [0.25, 0.3) is 0 Å². The average Bonchev–Trinajstić information content (AvgIpc) is 2.76. The Bertz CT molecular complexity index is 669. The minimum Gasteiger partial charge on any atom is -0.478 e. The molecule has 0 amide bonds. The van der Waals surface area contributed by atoms with Gasteiger partial charge in [0.15, 0.2) is 0 Å². The van der Waals surface area contributed by atoms with Gasteiger partial charge in [-0.2, -0.15) is 0 Å². The second kappa shape index (κ2) is 12.8. The van der Waals surface area contributed by atoms with Gasteiger partial charge < -0.3 is 9.84 Å². The summed E-state index contributed by atoms with van der Waals surface area (Å²) in [5.74, 6) is -1.21. The molecular weight excluding hydrogens is 376 g/mol. The lowest BCUT2D eigenvalue weighted by Gasteiger charge is -2.43. The average molecular weight is 417 g/mol. The molecule has 0 heterocycles. The summed E-state index contributed by atoms with van der Waals surface area (Å²) in [5.41, 5.74) is -0.277. The Hall–Kier alpha value is -1.84. The number of ether oxygens (including phenoxy) is 1. The summed E-state index contributed by atoms with van der Waals surface area (Å²) in [6.07, 6.45) is 16.5. The molecule has 30 heavy (non-hydrogen) atoms. The van der Waals surface area contributed by atoms with E-state index in [-0.39, 0.29) is 11.1 Å². The first-order valence-electron chi connectivity index (χ1n) is 12.1. The normalized spacial score (nSPS) is 21.3. The number of hydrogen-bond acceptors (Lipinski definition) is 3. The maximum absolute atomic E-state index is 13.0. The Kier molecular flexibility index (Phi) is 10.4. The van der Waals surface area contributed by atoms with Gasteiger partial charge in [-0.05, 0) is 50.2 Å². The van der Waals surface area contributed by atoms with E-state index in [4.69, 9.17) is 4.74 Å². The van der Waals surface area contributed by atoms with Crippen molar-refractivity contribution in [2.45, 2.75) is 109 Å². The van der Waals surface area contributed by atoms with E-state index in [9.17, 15) is 14.7 Å².